The van der Waals surface area contributed by atoms with E-state index < -0.39 is 16.0 Å². The number of aromatic nitrogens is 2. The van der Waals surface area contributed by atoms with Crippen molar-refractivity contribution in [2.75, 3.05) is 18.2 Å². The Hall–Kier alpha value is -3.09. The van der Waals surface area contributed by atoms with Gasteiger partial charge >= 0.3 is 0 Å². The first-order valence-corrected chi connectivity index (χ1v) is 11.1. The van der Waals surface area contributed by atoms with Gasteiger partial charge < -0.3 is 19.7 Å². The summed E-state index contributed by atoms with van der Waals surface area (Å²) in [6, 6.07) is 12.4. The second-order valence-corrected chi connectivity index (χ2v) is 8.64. The Bertz CT molecular complexity index is 1130. The summed E-state index contributed by atoms with van der Waals surface area (Å²) in [6.07, 6.45) is 0.106. The summed E-state index contributed by atoms with van der Waals surface area (Å²) in [4.78, 5) is 12.1. The maximum atomic E-state index is 12.1. The number of primary sulfonamides is 1. The Morgan fingerprint density at radius 2 is 1.90 bits per heavy atom. The molecular weight excluding hydrogens is 432 g/mol. The van der Waals surface area contributed by atoms with Crippen LogP contribution in [-0.4, -0.2) is 32.5 Å². The van der Waals surface area contributed by atoms with Gasteiger partial charge in [-0.2, -0.15) is 0 Å². The minimum absolute atomic E-state index is 0.0467. The molecular formula is C18H18N4O6S2. The molecule has 0 aliphatic heterocycles. The molecule has 1 aromatic heterocycles. The van der Waals surface area contributed by atoms with Crippen LogP contribution in [0, 0.1) is 0 Å². The largest absolute Gasteiger partial charge is 0.538 e. The number of anilines is 1. The number of rotatable bonds is 8. The van der Waals surface area contributed by atoms with E-state index in [-0.39, 0.29) is 22.2 Å². The molecule has 0 saturated heterocycles. The van der Waals surface area contributed by atoms with E-state index in [1.807, 2.05) is 0 Å². The van der Waals surface area contributed by atoms with Crippen LogP contribution in [0.4, 0.5) is 5.69 Å². The lowest BCUT2D eigenvalue weighted by Crippen LogP contribution is -2.34. The van der Waals surface area contributed by atoms with Crippen LogP contribution in [0.3, 0.4) is 0 Å². The van der Waals surface area contributed by atoms with Crippen LogP contribution in [0.15, 0.2) is 63.0 Å². The number of hydrogen-bond donors (Lipinski definition) is 2. The van der Waals surface area contributed by atoms with Gasteiger partial charge in [-0.05, 0) is 41.1 Å². The quantitative estimate of drug-likeness (QED) is 0.378. The molecule has 3 rings (SSSR count). The van der Waals surface area contributed by atoms with Crippen molar-refractivity contribution in [3.05, 3.63) is 48.5 Å². The van der Waals surface area contributed by atoms with E-state index in [1.165, 1.54) is 28.9 Å². The molecule has 30 heavy (non-hydrogen) atoms. The van der Waals surface area contributed by atoms with Crippen molar-refractivity contribution in [3.63, 3.8) is 0 Å². The van der Waals surface area contributed by atoms with E-state index in [2.05, 4.69) is 10.6 Å². The summed E-state index contributed by atoms with van der Waals surface area (Å²) in [6.45, 7) is 0. The minimum atomic E-state index is -3.79. The van der Waals surface area contributed by atoms with Crippen molar-refractivity contribution in [1.82, 2.24) is 5.27 Å². The highest BCUT2D eigenvalue weighted by atomic mass is 32.2. The summed E-state index contributed by atoms with van der Waals surface area (Å²) >= 11 is 1.14. The van der Waals surface area contributed by atoms with E-state index in [4.69, 9.17) is 14.4 Å². The van der Waals surface area contributed by atoms with Crippen molar-refractivity contribution < 1.29 is 32.3 Å². The summed E-state index contributed by atoms with van der Waals surface area (Å²) in [7, 11) is -2.24. The van der Waals surface area contributed by atoms with Gasteiger partial charge in [-0.1, -0.05) is 11.8 Å². The van der Waals surface area contributed by atoms with Crippen molar-refractivity contribution in [1.29, 1.82) is 0 Å². The van der Waals surface area contributed by atoms with Gasteiger partial charge in [0.1, 0.15) is 5.75 Å². The third kappa shape index (κ3) is 5.28. The van der Waals surface area contributed by atoms with Crippen molar-refractivity contribution in [2.24, 2.45) is 5.14 Å². The van der Waals surface area contributed by atoms with Crippen LogP contribution in [0.25, 0.3) is 5.69 Å². The summed E-state index contributed by atoms with van der Waals surface area (Å²) in [5.74, 6) is 0.0574. The highest BCUT2D eigenvalue weighted by molar-refractivity contribution is 7.99. The first-order chi connectivity index (χ1) is 14.3. The predicted octanol–water partition coefficient (Wildman–Crippen LogP) is 0.802. The van der Waals surface area contributed by atoms with E-state index >= 15 is 0 Å². The fraction of sp³-hybridized carbons (Fsp3) is 0.167. The number of methoxy groups -OCH3 is 1. The lowest BCUT2D eigenvalue weighted by Gasteiger charge is -2.05. The van der Waals surface area contributed by atoms with Crippen molar-refractivity contribution >= 4 is 33.4 Å². The Morgan fingerprint density at radius 3 is 2.50 bits per heavy atom. The second-order valence-electron chi connectivity index (χ2n) is 5.99. The molecule has 0 aliphatic carbocycles. The average molecular weight is 450 g/mol. The topological polar surface area (TPSA) is 151 Å². The minimum Gasteiger partial charge on any atom is -0.538 e. The number of nitrogens with zero attached hydrogens (tertiary/aromatic N) is 2. The van der Waals surface area contributed by atoms with Crippen molar-refractivity contribution in [3.8, 4) is 17.4 Å². The molecule has 12 heteroatoms. The molecule has 1 amide bonds. The van der Waals surface area contributed by atoms with Crippen molar-refractivity contribution in [2.45, 2.75) is 16.3 Å². The highest BCUT2D eigenvalue weighted by Crippen LogP contribution is 2.24. The second kappa shape index (κ2) is 9.15. The van der Waals surface area contributed by atoms with E-state index in [9.17, 15) is 18.3 Å². The van der Waals surface area contributed by atoms with Crippen LogP contribution < -0.4 is 25.0 Å². The molecule has 158 valence electrons. The number of nitrogens with two attached hydrogens (primary N) is 1. The summed E-state index contributed by atoms with van der Waals surface area (Å²) in [5, 5.41) is 23.6. The standard InChI is InChI=1S/C18H18N4O6S2/c1-27-14-6-4-13(5-7-14)22-17(18(24)28-21-22)29-11-10-16(23)20-12-2-8-15(9-3-12)30(19,25)26/h2-9H,10-11H2,1H3,(H3-,19,20,21,23,24,25,26). The van der Waals surface area contributed by atoms with Gasteiger partial charge in [0.2, 0.25) is 21.6 Å². The smallest absolute Gasteiger partial charge is 0.297 e. The van der Waals surface area contributed by atoms with E-state index in [0.29, 0.717) is 22.9 Å². The fourth-order valence-electron chi connectivity index (χ4n) is 2.44. The first kappa shape index (κ1) is 21.6. The molecule has 2 aromatic carbocycles. The summed E-state index contributed by atoms with van der Waals surface area (Å²) in [5.41, 5.74) is 1.05. The molecule has 3 N–H and O–H groups in total. The predicted molar refractivity (Wildman–Crippen MR) is 106 cm³/mol. The molecule has 1 heterocycles. The van der Waals surface area contributed by atoms with Gasteiger partial charge in [-0.15, -0.1) is 0 Å². The molecule has 0 spiro atoms. The molecule has 0 bridgehead atoms. The zero-order valence-electron chi connectivity index (χ0n) is 15.8. The molecule has 0 fully saturated rings. The molecule has 0 saturated carbocycles. The van der Waals surface area contributed by atoms with Crippen LogP contribution in [0.2, 0.25) is 0 Å². The van der Waals surface area contributed by atoms with Crippen LogP contribution >= 0.6 is 11.8 Å². The number of ether oxygens (including phenoxy) is 1. The number of amides is 1. The Balaban J connectivity index is 1.58. The number of benzene rings is 2. The molecule has 3 aromatic rings. The molecule has 0 unspecified atom stereocenters. The Labute approximate surface area is 176 Å². The highest BCUT2D eigenvalue weighted by Gasteiger charge is 2.21. The Morgan fingerprint density at radius 1 is 1.23 bits per heavy atom. The maximum absolute atomic E-state index is 12.1. The number of sulfonamides is 1. The van der Waals surface area contributed by atoms with Crippen LogP contribution in [0.5, 0.6) is 11.7 Å². The van der Waals surface area contributed by atoms with Gasteiger partial charge in [0.25, 0.3) is 5.03 Å². The summed E-state index contributed by atoms with van der Waals surface area (Å²) < 4.78 is 33.7. The van der Waals surface area contributed by atoms with Crippen LogP contribution in [-0.2, 0) is 14.8 Å². The molecule has 10 nitrogen and oxygen atoms in total. The Kier molecular flexibility index (Phi) is 6.59. The van der Waals surface area contributed by atoms with Gasteiger partial charge in [0, 0.05) is 30.0 Å². The maximum Gasteiger partial charge on any atom is 0.297 e. The number of carbonyl (C=O) groups excluding carboxylic acids is 1. The monoisotopic (exact) mass is 450 g/mol. The van der Waals surface area contributed by atoms with E-state index in [0.717, 1.165) is 11.8 Å². The molecule has 0 atom stereocenters. The third-order valence-corrected chi connectivity index (χ3v) is 5.87. The number of thioether (sulfide) groups is 1. The lowest BCUT2D eigenvalue weighted by atomic mass is 10.3. The molecule has 0 radical (unpaired) electrons. The van der Waals surface area contributed by atoms with Gasteiger partial charge in [0.15, 0.2) is 5.95 Å². The van der Waals surface area contributed by atoms with Gasteiger partial charge in [-0.3, -0.25) is 4.79 Å². The van der Waals surface area contributed by atoms with Gasteiger partial charge in [-0.25, -0.2) is 13.6 Å². The van der Waals surface area contributed by atoms with Crippen LogP contribution in [0.1, 0.15) is 6.42 Å². The average Bonchev–Trinajstić information content (AvgIpc) is 3.08. The van der Waals surface area contributed by atoms with Gasteiger partial charge in [0.05, 0.1) is 17.3 Å². The zero-order valence-corrected chi connectivity index (χ0v) is 17.4. The number of carbonyl (C=O) groups is 1. The fourth-order valence-corrected chi connectivity index (χ4v) is 3.85. The third-order valence-electron chi connectivity index (χ3n) is 3.92. The number of hydrogen-bond acceptors (Lipinski definition) is 8. The SMILES string of the molecule is COc1ccc(-[n+]2noc([O-])c2SCCC(=O)Nc2ccc(S(N)(=O)=O)cc2)cc1. The lowest BCUT2D eigenvalue weighted by molar-refractivity contribution is -0.705. The normalized spacial score (nSPS) is 11.3. The zero-order chi connectivity index (χ0) is 21.7. The molecule has 0 aliphatic rings. The number of nitrogens with one attached hydrogen (secondary N) is 1. The first-order valence-electron chi connectivity index (χ1n) is 8.57. The van der Waals surface area contributed by atoms with E-state index in [1.54, 1.807) is 31.4 Å².